The zero-order chi connectivity index (χ0) is 11.3. The molecular formula is C10H12N4O. The summed E-state index contributed by atoms with van der Waals surface area (Å²) in [5, 5.41) is 3.58. The van der Waals surface area contributed by atoms with Gasteiger partial charge >= 0.3 is 6.03 Å². The second-order valence-electron chi connectivity index (χ2n) is 2.85. The van der Waals surface area contributed by atoms with Crippen molar-refractivity contribution in [3.63, 3.8) is 0 Å². The minimum Gasteiger partial charge on any atom is -0.398 e. The van der Waals surface area contributed by atoms with Gasteiger partial charge in [-0.3, -0.25) is 0 Å². The number of benzene rings is 1. The summed E-state index contributed by atoms with van der Waals surface area (Å²) in [7, 11) is 0. The second-order valence-corrected chi connectivity index (χ2v) is 2.85. The fourth-order valence-corrected chi connectivity index (χ4v) is 1.03. The maximum atomic E-state index is 10.3. The molecule has 1 rings (SSSR count). The SMILES string of the molecule is C=C(/C=N/NC(N)=O)c1ccccc1N. The van der Waals surface area contributed by atoms with Gasteiger partial charge in [0, 0.05) is 11.3 Å². The summed E-state index contributed by atoms with van der Waals surface area (Å²) in [6.07, 6.45) is 1.39. The Kier molecular flexibility index (Phi) is 3.45. The summed E-state index contributed by atoms with van der Waals surface area (Å²) in [5.74, 6) is 0. The van der Waals surface area contributed by atoms with Crippen LogP contribution in [-0.2, 0) is 0 Å². The molecule has 0 aliphatic heterocycles. The van der Waals surface area contributed by atoms with Crippen molar-refractivity contribution in [1.29, 1.82) is 0 Å². The van der Waals surface area contributed by atoms with E-state index in [1.54, 1.807) is 6.07 Å². The number of primary amides is 1. The third-order valence-electron chi connectivity index (χ3n) is 1.70. The Hall–Kier alpha value is -2.30. The fourth-order valence-electron chi connectivity index (χ4n) is 1.03. The van der Waals surface area contributed by atoms with Gasteiger partial charge in [0.15, 0.2) is 0 Å². The zero-order valence-corrected chi connectivity index (χ0v) is 8.10. The van der Waals surface area contributed by atoms with E-state index in [0.29, 0.717) is 11.3 Å². The Morgan fingerprint density at radius 1 is 1.47 bits per heavy atom. The molecule has 78 valence electrons. The van der Waals surface area contributed by atoms with E-state index < -0.39 is 6.03 Å². The lowest BCUT2D eigenvalue weighted by Crippen LogP contribution is -2.24. The number of nitrogen functional groups attached to an aromatic ring is 1. The van der Waals surface area contributed by atoms with E-state index >= 15 is 0 Å². The van der Waals surface area contributed by atoms with E-state index in [0.717, 1.165) is 5.56 Å². The van der Waals surface area contributed by atoms with E-state index in [2.05, 4.69) is 17.1 Å². The van der Waals surface area contributed by atoms with Crippen LogP contribution in [0.5, 0.6) is 0 Å². The summed E-state index contributed by atoms with van der Waals surface area (Å²) < 4.78 is 0. The van der Waals surface area contributed by atoms with Gasteiger partial charge in [-0.2, -0.15) is 5.10 Å². The smallest absolute Gasteiger partial charge is 0.332 e. The van der Waals surface area contributed by atoms with Crippen LogP contribution >= 0.6 is 0 Å². The Balaban J connectivity index is 2.74. The molecule has 5 heteroatoms. The molecule has 0 aliphatic rings. The molecule has 0 radical (unpaired) electrons. The molecule has 0 aliphatic carbocycles. The number of urea groups is 1. The predicted octanol–water partition coefficient (Wildman–Crippen LogP) is 0.936. The molecule has 0 aromatic heterocycles. The Labute approximate surface area is 87.5 Å². The van der Waals surface area contributed by atoms with Gasteiger partial charge in [-0.1, -0.05) is 24.8 Å². The molecule has 0 atom stereocenters. The Morgan fingerprint density at radius 2 is 2.13 bits per heavy atom. The summed E-state index contributed by atoms with van der Waals surface area (Å²) >= 11 is 0. The Morgan fingerprint density at radius 3 is 2.73 bits per heavy atom. The summed E-state index contributed by atoms with van der Waals surface area (Å²) in [6, 6.07) is 6.51. The van der Waals surface area contributed by atoms with E-state index in [4.69, 9.17) is 11.5 Å². The molecule has 5 nitrogen and oxygen atoms in total. The Bertz CT molecular complexity index is 412. The first-order chi connectivity index (χ1) is 7.11. The molecule has 0 unspecified atom stereocenters. The minimum absolute atomic E-state index is 0.599. The number of hydrogen-bond acceptors (Lipinski definition) is 3. The number of nitrogens with zero attached hydrogens (tertiary/aromatic N) is 1. The van der Waals surface area contributed by atoms with E-state index in [1.165, 1.54) is 6.21 Å². The lowest BCUT2D eigenvalue weighted by molar-refractivity contribution is 0.249. The van der Waals surface area contributed by atoms with Gasteiger partial charge in [-0.25, -0.2) is 10.2 Å². The van der Waals surface area contributed by atoms with Crippen LogP contribution in [0.3, 0.4) is 0 Å². The quantitative estimate of drug-likeness (QED) is 0.388. The van der Waals surface area contributed by atoms with Crippen LogP contribution in [0.4, 0.5) is 10.5 Å². The molecule has 1 aromatic rings. The predicted molar refractivity (Wildman–Crippen MR) is 61.1 cm³/mol. The fraction of sp³-hybridized carbons (Fsp3) is 0. The van der Waals surface area contributed by atoms with Crippen molar-refractivity contribution in [3.8, 4) is 0 Å². The summed E-state index contributed by atoms with van der Waals surface area (Å²) in [6.45, 7) is 3.76. The van der Waals surface area contributed by atoms with Crippen molar-refractivity contribution >= 4 is 23.5 Å². The molecule has 15 heavy (non-hydrogen) atoms. The van der Waals surface area contributed by atoms with Gasteiger partial charge in [0.1, 0.15) is 0 Å². The number of anilines is 1. The summed E-state index contributed by atoms with van der Waals surface area (Å²) in [5.41, 5.74) is 14.6. The third kappa shape index (κ3) is 3.15. The van der Waals surface area contributed by atoms with Crippen LogP contribution in [0.15, 0.2) is 35.9 Å². The highest BCUT2D eigenvalue weighted by Gasteiger charge is 1.99. The molecule has 0 spiro atoms. The molecule has 0 saturated carbocycles. The highest BCUT2D eigenvalue weighted by Crippen LogP contribution is 2.17. The number of nitrogens with two attached hydrogens (primary N) is 2. The topological polar surface area (TPSA) is 93.5 Å². The number of carbonyl (C=O) groups excluding carboxylic acids is 1. The number of para-hydroxylation sites is 1. The lowest BCUT2D eigenvalue weighted by atomic mass is 10.1. The molecule has 5 N–H and O–H groups in total. The van der Waals surface area contributed by atoms with Crippen LogP contribution < -0.4 is 16.9 Å². The number of rotatable bonds is 3. The van der Waals surface area contributed by atoms with Crippen LogP contribution in [0.1, 0.15) is 5.56 Å². The van der Waals surface area contributed by atoms with Crippen molar-refractivity contribution in [2.45, 2.75) is 0 Å². The number of nitrogens with one attached hydrogen (secondary N) is 1. The molecule has 0 fully saturated rings. The van der Waals surface area contributed by atoms with Gasteiger partial charge in [0.25, 0.3) is 0 Å². The molecule has 0 heterocycles. The summed E-state index contributed by atoms with van der Waals surface area (Å²) in [4.78, 5) is 10.3. The van der Waals surface area contributed by atoms with E-state index in [-0.39, 0.29) is 0 Å². The molecule has 0 saturated heterocycles. The second kappa shape index (κ2) is 4.80. The number of carbonyl (C=O) groups is 1. The van der Waals surface area contributed by atoms with Crippen molar-refractivity contribution in [2.75, 3.05) is 5.73 Å². The average Bonchev–Trinajstić information content (AvgIpc) is 2.17. The van der Waals surface area contributed by atoms with Gasteiger partial charge in [0.05, 0.1) is 6.21 Å². The first-order valence-corrected chi connectivity index (χ1v) is 4.23. The standard InChI is InChI=1S/C10H12N4O/c1-7(6-13-14-10(12)15)8-4-2-3-5-9(8)11/h2-6H,1,11H2,(H3,12,14,15)/b13-6+. The van der Waals surface area contributed by atoms with Gasteiger partial charge in [-0.05, 0) is 11.6 Å². The highest BCUT2D eigenvalue weighted by molar-refractivity contribution is 6.10. The van der Waals surface area contributed by atoms with Crippen molar-refractivity contribution in [1.82, 2.24) is 5.43 Å². The monoisotopic (exact) mass is 204 g/mol. The number of allylic oxidation sites excluding steroid dienone is 1. The third-order valence-corrected chi connectivity index (χ3v) is 1.70. The van der Waals surface area contributed by atoms with Crippen molar-refractivity contribution in [3.05, 3.63) is 36.4 Å². The molecule has 1 aromatic carbocycles. The van der Waals surface area contributed by atoms with Crippen molar-refractivity contribution in [2.24, 2.45) is 10.8 Å². The van der Waals surface area contributed by atoms with Crippen LogP contribution in [-0.4, -0.2) is 12.2 Å². The van der Waals surface area contributed by atoms with Gasteiger partial charge in [-0.15, -0.1) is 0 Å². The zero-order valence-electron chi connectivity index (χ0n) is 8.10. The first kappa shape index (κ1) is 10.8. The van der Waals surface area contributed by atoms with Crippen LogP contribution in [0.25, 0.3) is 5.57 Å². The van der Waals surface area contributed by atoms with Crippen LogP contribution in [0.2, 0.25) is 0 Å². The molecule has 2 amide bonds. The number of hydrogen-bond donors (Lipinski definition) is 3. The first-order valence-electron chi connectivity index (χ1n) is 4.23. The van der Waals surface area contributed by atoms with Crippen LogP contribution in [0, 0.1) is 0 Å². The molecule has 0 bridgehead atoms. The number of amides is 2. The van der Waals surface area contributed by atoms with E-state index in [9.17, 15) is 4.79 Å². The highest BCUT2D eigenvalue weighted by atomic mass is 16.2. The molecular weight excluding hydrogens is 192 g/mol. The van der Waals surface area contributed by atoms with Crippen molar-refractivity contribution < 1.29 is 4.79 Å². The van der Waals surface area contributed by atoms with E-state index in [1.807, 2.05) is 18.2 Å². The lowest BCUT2D eigenvalue weighted by Gasteiger charge is -2.03. The van der Waals surface area contributed by atoms with Gasteiger partial charge in [0.2, 0.25) is 0 Å². The van der Waals surface area contributed by atoms with Gasteiger partial charge < -0.3 is 11.5 Å². The number of hydrazone groups is 1. The largest absolute Gasteiger partial charge is 0.398 e. The average molecular weight is 204 g/mol. The maximum absolute atomic E-state index is 10.3. The maximum Gasteiger partial charge on any atom is 0.332 e. The minimum atomic E-state index is -0.722. The normalized spacial score (nSPS) is 10.1.